The van der Waals surface area contributed by atoms with Crippen LogP contribution in [0.3, 0.4) is 0 Å². The van der Waals surface area contributed by atoms with Gasteiger partial charge in [-0.1, -0.05) is 42.8 Å². The maximum absolute atomic E-state index is 12.3. The van der Waals surface area contributed by atoms with Gasteiger partial charge in [0.05, 0.1) is 0 Å². The van der Waals surface area contributed by atoms with Gasteiger partial charge >= 0.3 is 0 Å². The fourth-order valence-electron chi connectivity index (χ4n) is 4.92. The lowest BCUT2D eigenvalue weighted by atomic mass is 9.95. The molecule has 2 fully saturated rings. The molecule has 31 heavy (non-hydrogen) atoms. The highest BCUT2D eigenvalue weighted by Gasteiger charge is 2.38. The zero-order valence-corrected chi connectivity index (χ0v) is 17.5. The third-order valence-electron chi connectivity index (χ3n) is 6.71. The van der Waals surface area contributed by atoms with Crippen LogP contribution in [0.5, 0.6) is 0 Å². The Balaban J connectivity index is 1.33. The fourth-order valence-corrected chi connectivity index (χ4v) is 4.92. The van der Waals surface area contributed by atoms with Crippen molar-refractivity contribution >= 4 is 11.8 Å². The Bertz CT molecular complexity index is 913. The zero-order valence-electron chi connectivity index (χ0n) is 17.5. The van der Waals surface area contributed by atoms with Crippen LogP contribution < -0.4 is 21.8 Å². The molecule has 2 aliphatic rings. The molecule has 0 saturated heterocycles. The first kappa shape index (κ1) is 21.5. The molecule has 2 amide bonds. The standard InChI is InChI=1S/C24H30N4O3/c25-13-22(24(30)28-31)27-23(29)19-9-7-18(8-10-19)17-4-1-15(2-5-17)14-26-21-12-16-3-6-20(21)11-16/h1-2,4-5,7-10,16,20-22,26,31H,3,6,11-14,25H2,(H,27,29)(H,28,30)/t16?,20-,21-,22+/m1/s1. The van der Waals surface area contributed by atoms with E-state index in [1.54, 1.807) is 12.1 Å². The van der Waals surface area contributed by atoms with Gasteiger partial charge in [-0.15, -0.1) is 0 Å². The quantitative estimate of drug-likeness (QED) is 0.330. The molecule has 2 aromatic carbocycles. The number of benzene rings is 2. The van der Waals surface area contributed by atoms with Crippen molar-refractivity contribution < 1.29 is 14.8 Å². The van der Waals surface area contributed by atoms with Gasteiger partial charge in [-0.3, -0.25) is 14.8 Å². The molecule has 6 N–H and O–H groups in total. The van der Waals surface area contributed by atoms with Crippen LogP contribution in [0, 0.1) is 11.8 Å². The van der Waals surface area contributed by atoms with Crippen LogP contribution in [0.4, 0.5) is 0 Å². The van der Waals surface area contributed by atoms with E-state index in [9.17, 15) is 9.59 Å². The first-order valence-electron chi connectivity index (χ1n) is 10.9. The molecule has 2 saturated carbocycles. The summed E-state index contributed by atoms with van der Waals surface area (Å²) in [5, 5.41) is 15.0. The topological polar surface area (TPSA) is 116 Å². The van der Waals surface area contributed by atoms with Gasteiger partial charge in [0, 0.05) is 24.7 Å². The molecule has 2 aromatic rings. The van der Waals surface area contributed by atoms with Crippen LogP contribution in [0.25, 0.3) is 11.1 Å². The summed E-state index contributed by atoms with van der Waals surface area (Å²) in [6.07, 6.45) is 5.55. The number of hydrogen-bond donors (Lipinski definition) is 5. The molecule has 7 nitrogen and oxygen atoms in total. The summed E-state index contributed by atoms with van der Waals surface area (Å²) in [5.41, 5.74) is 10.7. The minimum absolute atomic E-state index is 0.112. The average molecular weight is 423 g/mol. The van der Waals surface area contributed by atoms with E-state index in [-0.39, 0.29) is 6.54 Å². The van der Waals surface area contributed by atoms with Crippen LogP contribution in [0.2, 0.25) is 0 Å². The Labute approximate surface area is 182 Å². The van der Waals surface area contributed by atoms with Gasteiger partial charge in [0.15, 0.2) is 0 Å². The first-order valence-corrected chi connectivity index (χ1v) is 10.9. The van der Waals surface area contributed by atoms with E-state index in [1.165, 1.54) is 36.7 Å². The molecule has 4 rings (SSSR count). The summed E-state index contributed by atoms with van der Waals surface area (Å²) in [7, 11) is 0. The van der Waals surface area contributed by atoms with Crippen molar-refractivity contribution in [3.63, 3.8) is 0 Å². The van der Waals surface area contributed by atoms with Crippen LogP contribution >= 0.6 is 0 Å². The molecule has 0 heterocycles. The van der Waals surface area contributed by atoms with Crippen molar-refractivity contribution in [2.45, 2.75) is 44.3 Å². The summed E-state index contributed by atoms with van der Waals surface area (Å²) in [4.78, 5) is 23.8. The van der Waals surface area contributed by atoms with E-state index in [0.29, 0.717) is 11.6 Å². The third kappa shape index (κ3) is 4.95. The highest BCUT2D eigenvalue weighted by molar-refractivity contribution is 5.97. The van der Waals surface area contributed by atoms with Gasteiger partial charge < -0.3 is 16.4 Å². The molecule has 7 heteroatoms. The van der Waals surface area contributed by atoms with E-state index in [2.05, 4.69) is 34.9 Å². The summed E-state index contributed by atoms with van der Waals surface area (Å²) in [6, 6.07) is 15.4. The minimum Gasteiger partial charge on any atom is -0.339 e. The predicted octanol–water partition coefficient (Wildman–Crippen LogP) is 2.19. The monoisotopic (exact) mass is 422 g/mol. The van der Waals surface area contributed by atoms with Gasteiger partial charge in [-0.05, 0) is 59.9 Å². The summed E-state index contributed by atoms with van der Waals surface area (Å²) >= 11 is 0. The molecule has 0 radical (unpaired) electrons. The maximum Gasteiger partial charge on any atom is 0.267 e. The number of carbonyl (C=O) groups is 2. The Hall–Kier alpha value is -2.74. The number of hydroxylamine groups is 1. The molecule has 1 unspecified atom stereocenters. The molecule has 2 bridgehead atoms. The highest BCUT2D eigenvalue weighted by atomic mass is 16.5. The van der Waals surface area contributed by atoms with Gasteiger partial charge in [0.25, 0.3) is 11.8 Å². The van der Waals surface area contributed by atoms with Crippen molar-refractivity contribution in [2.75, 3.05) is 6.54 Å². The highest BCUT2D eigenvalue weighted by Crippen LogP contribution is 2.44. The number of hydrogen-bond acceptors (Lipinski definition) is 5. The van der Waals surface area contributed by atoms with E-state index >= 15 is 0 Å². The summed E-state index contributed by atoms with van der Waals surface area (Å²) in [5.74, 6) is 0.649. The van der Waals surface area contributed by atoms with Crippen molar-refractivity contribution in [1.29, 1.82) is 0 Å². The SMILES string of the molecule is NC[C@H](NC(=O)c1ccc(-c2ccc(CN[C@@H]3CC4CC[C@@H]3C4)cc2)cc1)C(=O)NO. The molecule has 0 aromatic heterocycles. The molecule has 2 aliphatic carbocycles. The second kappa shape index (κ2) is 9.60. The third-order valence-corrected chi connectivity index (χ3v) is 6.71. The van der Waals surface area contributed by atoms with Crippen LogP contribution in [-0.2, 0) is 11.3 Å². The Morgan fingerprint density at radius 3 is 2.23 bits per heavy atom. The van der Waals surface area contributed by atoms with Crippen LogP contribution in [0.1, 0.15) is 41.6 Å². The number of nitrogens with one attached hydrogen (secondary N) is 3. The number of amides is 2. The van der Waals surface area contributed by atoms with Crippen LogP contribution in [-0.4, -0.2) is 35.7 Å². The van der Waals surface area contributed by atoms with E-state index < -0.39 is 17.9 Å². The first-order chi connectivity index (χ1) is 15.1. The largest absolute Gasteiger partial charge is 0.339 e. The molecular formula is C24H30N4O3. The second-order valence-electron chi connectivity index (χ2n) is 8.67. The lowest BCUT2D eigenvalue weighted by Crippen LogP contribution is -2.50. The van der Waals surface area contributed by atoms with Gasteiger partial charge in [0.1, 0.15) is 6.04 Å². The van der Waals surface area contributed by atoms with E-state index in [0.717, 1.165) is 29.5 Å². The molecular weight excluding hydrogens is 392 g/mol. The Kier molecular flexibility index (Phi) is 6.65. The molecule has 0 aliphatic heterocycles. The zero-order chi connectivity index (χ0) is 21.8. The predicted molar refractivity (Wildman–Crippen MR) is 118 cm³/mol. The Morgan fingerprint density at radius 2 is 1.68 bits per heavy atom. The number of rotatable bonds is 8. The average Bonchev–Trinajstić information content (AvgIpc) is 3.44. The maximum atomic E-state index is 12.3. The van der Waals surface area contributed by atoms with Crippen LogP contribution in [0.15, 0.2) is 48.5 Å². The van der Waals surface area contributed by atoms with Gasteiger partial charge in [-0.25, -0.2) is 5.48 Å². The normalized spacial score (nSPS) is 22.8. The minimum atomic E-state index is -0.988. The van der Waals surface area contributed by atoms with Crippen molar-refractivity contribution in [3.8, 4) is 11.1 Å². The lowest BCUT2D eigenvalue weighted by Gasteiger charge is -2.23. The number of nitrogens with two attached hydrogens (primary N) is 1. The second-order valence-corrected chi connectivity index (χ2v) is 8.67. The molecule has 0 spiro atoms. The van der Waals surface area contributed by atoms with Crippen molar-refractivity contribution in [2.24, 2.45) is 17.6 Å². The fraction of sp³-hybridized carbons (Fsp3) is 0.417. The van der Waals surface area contributed by atoms with Crippen molar-refractivity contribution in [1.82, 2.24) is 16.1 Å². The number of carbonyl (C=O) groups excluding carboxylic acids is 2. The van der Waals surface area contributed by atoms with E-state index in [1.807, 2.05) is 12.1 Å². The smallest absolute Gasteiger partial charge is 0.267 e. The Morgan fingerprint density at radius 1 is 1.00 bits per heavy atom. The lowest BCUT2D eigenvalue weighted by molar-refractivity contribution is -0.130. The molecule has 4 atom stereocenters. The van der Waals surface area contributed by atoms with Gasteiger partial charge in [-0.2, -0.15) is 0 Å². The van der Waals surface area contributed by atoms with E-state index in [4.69, 9.17) is 10.9 Å². The summed E-state index contributed by atoms with van der Waals surface area (Å²) in [6.45, 7) is 0.788. The van der Waals surface area contributed by atoms with Gasteiger partial charge in [0.2, 0.25) is 0 Å². The molecule has 164 valence electrons. The summed E-state index contributed by atoms with van der Waals surface area (Å²) < 4.78 is 0. The number of fused-ring (bicyclic) bond motifs is 2. The van der Waals surface area contributed by atoms with Crippen molar-refractivity contribution in [3.05, 3.63) is 59.7 Å².